The molecule has 4 nitrogen and oxygen atoms in total. The summed E-state index contributed by atoms with van der Waals surface area (Å²) < 4.78 is 17.5. The Bertz CT molecular complexity index is 1020. The quantitative estimate of drug-likeness (QED) is 0.634. The zero-order valence-electron chi connectivity index (χ0n) is 13.2. The summed E-state index contributed by atoms with van der Waals surface area (Å²) in [4.78, 5) is 12.8. The molecule has 0 aliphatic carbocycles. The van der Waals surface area contributed by atoms with Crippen molar-refractivity contribution in [3.63, 3.8) is 0 Å². The molecule has 4 rings (SSSR count). The molecule has 0 amide bonds. The van der Waals surface area contributed by atoms with Crippen molar-refractivity contribution in [1.29, 1.82) is 0 Å². The van der Waals surface area contributed by atoms with Gasteiger partial charge in [0, 0.05) is 5.56 Å². The molecule has 23 heavy (non-hydrogen) atoms. The van der Waals surface area contributed by atoms with Crippen LogP contribution in [0.15, 0.2) is 45.6 Å². The highest BCUT2D eigenvalue weighted by Gasteiger charge is 2.28. The summed E-state index contributed by atoms with van der Waals surface area (Å²) in [6.07, 6.45) is 3.92. The van der Waals surface area contributed by atoms with Crippen molar-refractivity contribution in [3.05, 3.63) is 52.2 Å². The largest absolute Gasteiger partial charge is 0.490 e. The lowest BCUT2D eigenvalue weighted by molar-refractivity contribution is 0.152. The number of benzene rings is 2. The van der Waals surface area contributed by atoms with E-state index in [0.29, 0.717) is 33.4 Å². The molecule has 0 spiro atoms. The number of rotatable bonds is 1. The number of hydrogen-bond acceptors (Lipinski definition) is 4. The molecule has 2 aromatic carbocycles. The van der Waals surface area contributed by atoms with Gasteiger partial charge in [0.15, 0.2) is 11.3 Å². The fraction of sp³-hybridized carbons (Fsp3) is 0.211. The van der Waals surface area contributed by atoms with Crippen LogP contribution in [0.1, 0.15) is 19.4 Å². The van der Waals surface area contributed by atoms with Crippen molar-refractivity contribution in [1.82, 2.24) is 0 Å². The number of methoxy groups -OCH3 is 1. The summed E-state index contributed by atoms with van der Waals surface area (Å²) in [6, 6.07) is 9.01. The molecular formula is C19H16O4. The van der Waals surface area contributed by atoms with Crippen molar-refractivity contribution < 1.29 is 13.9 Å². The maximum atomic E-state index is 12.8. The normalized spacial score (nSPS) is 15.4. The lowest BCUT2D eigenvalue weighted by Crippen LogP contribution is -2.28. The van der Waals surface area contributed by atoms with Gasteiger partial charge in [-0.25, -0.2) is 0 Å². The van der Waals surface area contributed by atoms with E-state index in [4.69, 9.17) is 13.9 Å². The Morgan fingerprint density at radius 2 is 1.91 bits per heavy atom. The van der Waals surface area contributed by atoms with Gasteiger partial charge in [0.25, 0.3) is 0 Å². The van der Waals surface area contributed by atoms with Crippen molar-refractivity contribution >= 4 is 28.0 Å². The van der Waals surface area contributed by atoms with Crippen molar-refractivity contribution in [3.8, 4) is 11.5 Å². The number of hydrogen-bond donors (Lipinski definition) is 0. The zero-order chi connectivity index (χ0) is 16.2. The Balaban J connectivity index is 2.17. The number of para-hydroxylation sites is 1. The molecule has 0 bridgehead atoms. The Morgan fingerprint density at radius 1 is 1.13 bits per heavy atom. The SMILES string of the molecule is COc1c2c(cc3c(=O)c4ccccc4oc13)C=CC(C)(C)O2. The summed E-state index contributed by atoms with van der Waals surface area (Å²) in [5.41, 5.74) is 1.26. The highest BCUT2D eigenvalue weighted by molar-refractivity contribution is 5.96. The standard InChI is InChI=1S/C19H16O4/c1-19(2)9-8-11-10-13-15(20)12-6-4-5-7-14(12)22-17(13)18(21-3)16(11)23-19/h4-10H,1-3H3. The van der Waals surface area contributed by atoms with Crippen LogP contribution < -0.4 is 14.9 Å². The van der Waals surface area contributed by atoms with E-state index in [-0.39, 0.29) is 5.43 Å². The van der Waals surface area contributed by atoms with Crippen LogP contribution >= 0.6 is 0 Å². The Labute approximate surface area is 132 Å². The van der Waals surface area contributed by atoms with Crippen LogP contribution in [0.5, 0.6) is 11.5 Å². The van der Waals surface area contributed by atoms with Crippen LogP contribution in [0, 0.1) is 0 Å². The Kier molecular flexibility index (Phi) is 2.79. The Morgan fingerprint density at radius 3 is 2.70 bits per heavy atom. The van der Waals surface area contributed by atoms with Crippen molar-refractivity contribution in [2.24, 2.45) is 0 Å². The van der Waals surface area contributed by atoms with E-state index >= 15 is 0 Å². The summed E-state index contributed by atoms with van der Waals surface area (Å²) in [6.45, 7) is 3.93. The molecule has 0 saturated heterocycles. The van der Waals surface area contributed by atoms with Gasteiger partial charge in [0.1, 0.15) is 11.2 Å². The van der Waals surface area contributed by atoms with Gasteiger partial charge in [-0.05, 0) is 38.1 Å². The molecule has 116 valence electrons. The number of ether oxygens (including phenoxy) is 2. The summed E-state index contributed by atoms with van der Waals surface area (Å²) in [5, 5.41) is 1.05. The molecule has 0 atom stereocenters. The second-order valence-electron chi connectivity index (χ2n) is 6.17. The fourth-order valence-corrected chi connectivity index (χ4v) is 2.91. The average Bonchev–Trinajstić information content (AvgIpc) is 2.53. The van der Waals surface area contributed by atoms with E-state index in [2.05, 4.69) is 0 Å². The molecule has 3 aromatic rings. The first kappa shape index (κ1) is 13.9. The average molecular weight is 308 g/mol. The smallest absolute Gasteiger partial charge is 0.205 e. The summed E-state index contributed by atoms with van der Waals surface area (Å²) >= 11 is 0. The molecule has 0 fully saturated rings. The van der Waals surface area contributed by atoms with Crippen LogP contribution in [-0.2, 0) is 0 Å². The molecule has 0 radical (unpaired) electrons. The van der Waals surface area contributed by atoms with Crippen LogP contribution in [0.4, 0.5) is 0 Å². The monoisotopic (exact) mass is 308 g/mol. The number of fused-ring (bicyclic) bond motifs is 3. The third-order valence-corrected chi connectivity index (χ3v) is 4.04. The second kappa shape index (κ2) is 4.62. The Hall–Kier alpha value is -2.75. The van der Waals surface area contributed by atoms with Crippen LogP contribution in [-0.4, -0.2) is 12.7 Å². The van der Waals surface area contributed by atoms with Gasteiger partial charge in [-0.15, -0.1) is 0 Å². The highest BCUT2D eigenvalue weighted by Crippen LogP contribution is 2.43. The predicted octanol–water partition coefficient (Wildman–Crippen LogP) is 4.14. The van der Waals surface area contributed by atoms with Gasteiger partial charge < -0.3 is 13.9 Å². The third kappa shape index (κ3) is 2.02. The fourth-order valence-electron chi connectivity index (χ4n) is 2.91. The maximum Gasteiger partial charge on any atom is 0.205 e. The molecule has 0 N–H and O–H groups in total. The molecule has 1 aromatic heterocycles. The van der Waals surface area contributed by atoms with Crippen molar-refractivity contribution in [2.45, 2.75) is 19.4 Å². The van der Waals surface area contributed by atoms with Gasteiger partial charge in [0.2, 0.25) is 11.2 Å². The van der Waals surface area contributed by atoms with Crippen LogP contribution in [0.3, 0.4) is 0 Å². The topological polar surface area (TPSA) is 48.7 Å². The van der Waals surface area contributed by atoms with Gasteiger partial charge in [-0.2, -0.15) is 0 Å². The zero-order valence-corrected chi connectivity index (χ0v) is 13.2. The van der Waals surface area contributed by atoms with E-state index in [1.54, 1.807) is 25.3 Å². The first-order valence-electron chi connectivity index (χ1n) is 7.45. The molecule has 4 heteroatoms. The highest BCUT2D eigenvalue weighted by atomic mass is 16.5. The third-order valence-electron chi connectivity index (χ3n) is 4.04. The first-order valence-corrected chi connectivity index (χ1v) is 7.45. The molecule has 1 aliphatic heterocycles. The van der Waals surface area contributed by atoms with E-state index in [1.807, 2.05) is 38.1 Å². The minimum Gasteiger partial charge on any atom is -0.490 e. The minimum atomic E-state index is -0.439. The van der Waals surface area contributed by atoms with Crippen LogP contribution in [0.2, 0.25) is 0 Å². The summed E-state index contributed by atoms with van der Waals surface area (Å²) in [5.74, 6) is 1.06. The second-order valence-corrected chi connectivity index (χ2v) is 6.17. The predicted molar refractivity (Wildman–Crippen MR) is 90.3 cm³/mol. The van der Waals surface area contributed by atoms with Gasteiger partial charge in [-0.1, -0.05) is 18.2 Å². The lowest BCUT2D eigenvalue weighted by Gasteiger charge is -2.29. The van der Waals surface area contributed by atoms with Gasteiger partial charge in [0.05, 0.1) is 17.9 Å². The van der Waals surface area contributed by atoms with Crippen LogP contribution in [0.25, 0.3) is 28.0 Å². The molecular weight excluding hydrogens is 292 g/mol. The molecule has 2 heterocycles. The van der Waals surface area contributed by atoms with Gasteiger partial charge >= 0.3 is 0 Å². The maximum absolute atomic E-state index is 12.8. The van der Waals surface area contributed by atoms with E-state index in [1.165, 1.54) is 0 Å². The molecule has 1 aliphatic rings. The van der Waals surface area contributed by atoms with E-state index in [9.17, 15) is 4.79 Å². The minimum absolute atomic E-state index is 0.0683. The summed E-state index contributed by atoms with van der Waals surface area (Å²) in [7, 11) is 1.55. The first-order chi connectivity index (χ1) is 11.0. The van der Waals surface area contributed by atoms with Crippen molar-refractivity contribution in [2.75, 3.05) is 7.11 Å². The van der Waals surface area contributed by atoms with E-state index < -0.39 is 5.60 Å². The molecule has 0 saturated carbocycles. The van der Waals surface area contributed by atoms with E-state index in [0.717, 1.165) is 5.56 Å². The molecule has 0 unspecified atom stereocenters. The lowest BCUT2D eigenvalue weighted by atomic mass is 10.00. The van der Waals surface area contributed by atoms with Gasteiger partial charge in [-0.3, -0.25) is 4.79 Å².